The quantitative estimate of drug-likeness (QED) is 0.881. The van der Waals surface area contributed by atoms with Crippen molar-refractivity contribution in [2.45, 2.75) is 13.5 Å². The molecule has 2 rings (SSSR count). The Morgan fingerprint density at radius 3 is 2.60 bits per heavy atom. The summed E-state index contributed by atoms with van der Waals surface area (Å²) in [4.78, 5) is 25.1. The van der Waals surface area contributed by atoms with Gasteiger partial charge in [-0.1, -0.05) is 12.1 Å². The summed E-state index contributed by atoms with van der Waals surface area (Å²) < 4.78 is 12.2. The molecule has 0 aliphatic rings. The molecule has 0 radical (unpaired) electrons. The van der Waals surface area contributed by atoms with E-state index in [1.54, 1.807) is 26.2 Å². The summed E-state index contributed by atoms with van der Waals surface area (Å²) in [6.45, 7) is 2.29. The number of aromatic nitrogens is 2. The molecule has 0 atom stereocenters. The number of aryl methyl sites for hydroxylation is 1. The second-order valence-corrected chi connectivity index (χ2v) is 4.26. The second-order valence-electron chi connectivity index (χ2n) is 4.26. The van der Waals surface area contributed by atoms with Crippen molar-refractivity contribution >= 4 is 0 Å². The van der Waals surface area contributed by atoms with Gasteiger partial charge in [0.15, 0.2) is 11.5 Å². The molecule has 0 amide bonds. The third-order valence-corrected chi connectivity index (χ3v) is 2.85. The fourth-order valence-corrected chi connectivity index (χ4v) is 1.78. The van der Waals surface area contributed by atoms with Crippen molar-refractivity contribution in [3.8, 4) is 11.5 Å². The highest BCUT2D eigenvalue weighted by Gasteiger charge is 2.04. The Labute approximate surface area is 115 Å². The topological polar surface area (TPSA) is 73.3 Å². The molecule has 0 aliphatic carbocycles. The summed E-state index contributed by atoms with van der Waals surface area (Å²) in [6.07, 6.45) is 1.52. The highest BCUT2D eigenvalue weighted by molar-refractivity contribution is 5.39. The lowest BCUT2D eigenvalue weighted by Gasteiger charge is -2.11. The number of H-pyrrole nitrogens is 1. The third kappa shape index (κ3) is 3.09. The number of hydrogen-bond acceptors (Lipinski definition) is 4. The molecule has 0 aliphatic heterocycles. The highest BCUT2D eigenvalue weighted by Crippen LogP contribution is 2.25. The Morgan fingerprint density at radius 2 is 1.90 bits per heavy atom. The summed E-state index contributed by atoms with van der Waals surface area (Å²) in [5.74, 6) is 1.25. The Kier molecular flexibility index (Phi) is 4.24. The van der Waals surface area contributed by atoms with Crippen LogP contribution >= 0.6 is 0 Å². The first-order valence-corrected chi connectivity index (χ1v) is 6.18. The van der Waals surface area contributed by atoms with Gasteiger partial charge in [0.2, 0.25) is 0 Å². The summed E-state index contributed by atoms with van der Waals surface area (Å²) in [5.41, 5.74) is -0.317. The fraction of sp³-hybridized carbons (Fsp3) is 0.286. The van der Waals surface area contributed by atoms with Crippen LogP contribution in [0, 0.1) is 6.92 Å². The van der Waals surface area contributed by atoms with Crippen LogP contribution in [-0.4, -0.2) is 23.3 Å². The van der Waals surface area contributed by atoms with Gasteiger partial charge in [-0.05, 0) is 19.1 Å². The Bertz CT molecular complexity index is 703. The van der Waals surface area contributed by atoms with E-state index in [1.165, 1.54) is 10.8 Å². The monoisotopic (exact) mass is 276 g/mol. The Hall–Kier alpha value is -2.50. The second kappa shape index (κ2) is 6.10. The van der Waals surface area contributed by atoms with E-state index in [1.807, 2.05) is 12.1 Å². The maximum Gasteiger partial charge on any atom is 0.328 e. The minimum Gasteiger partial charge on any atom is -0.493 e. The van der Waals surface area contributed by atoms with Gasteiger partial charge in [0.05, 0.1) is 13.7 Å². The number of aromatic amines is 1. The average Bonchev–Trinajstić information content (AvgIpc) is 2.45. The number of nitrogens with one attached hydrogen (secondary N) is 1. The van der Waals surface area contributed by atoms with E-state index in [9.17, 15) is 9.59 Å². The van der Waals surface area contributed by atoms with Crippen LogP contribution in [-0.2, 0) is 6.54 Å². The maximum atomic E-state index is 11.6. The fourth-order valence-electron chi connectivity index (χ4n) is 1.78. The van der Waals surface area contributed by atoms with Gasteiger partial charge in [-0.25, -0.2) is 4.79 Å². The normalized spacial score (nSPS) is 10.3. The molecule has 0 spiro atoms. The molecule has 0 saturated heterocycles. The molecule has 0 saturated carbocycles. The molecule has 0 unspecified atom stereocenters. The first-order valence-electron chi connectivity index (χ1n) is 6.18. The lowest BCUT2D eigenvalue weighted by Crippen LogP contribution is -2.32. The van der Waals surface area contributed by atoms with Gasteiger partial charge in [-0.3, -0.25) is 14.3 Å². The van der Waals surface area contributed by atoms with Gasteiger partial charge in [0, 0.05) is 11.8 Å². The molecular formula is C14H16N2O4. The van der Waals surface area contributed by atoms with Crippen molar-refractivity contribution in [1.82, 2.24) is 9.55 Å². The van der Waals surface area contributed by atoms with Crippen molar-refractivity contribution in [2.24, 2.45) is 0 Å². The van der Waals surface area contributed by atoms with Crippen LogP contribution in [0.2, 0.25) is 0 Å². The summed E-state index contributed by atoms with van der Waals surface area (Å²) in [5, 5.41) is 0. The van der Waals surface area contributed by atoms with Gasteiger partial charge < -0.3 is 9.47 Å². The van der Waals surface area contributed by atoms with Crippen LogP contribution in [0.4, 0.5) is 0 Å². The highest BCUT2D eigenvalue weighted by atomic mass is 16.5. The van der Waals surface area contributed by atoms with E-state index in [-0.39, 0.29) is 5.56 Å². The van der Waals surface area contributed by atoms with Gasteiger partial charge in [0.1, 0.15) is 6.61 Å². The lowest BCUT2D eigenvalue weighted by molar-refractivity contribution is 0.277. The van der Waals surface area contributed by atoms with Crippen molar-refractivity contribution in [1.29, 1.82) is 0 Å². The first kappa shape index (κ1) is 13.9. The Morgan fingerprint density at radius 1 is 1.20 bits per heavy atom. The van der Waals surface area contributed by atoms with E-state index in [0.717, 1.165) is 0 Å². The predicted octanol–water partition coefficient (Wildman–Crippen LogP) is 0.933. The van der Waals surface area contributed by atoms with Crippen LogP contribution in [0.3, 0.4) is 0 Å². The zero-order valence-corrected chi connectivity index (χ0v) is 11.4. The molecular weight excluding hydrogens is 260 g/mol. The van der Waals surface area contributed by atoms with E-state index < -0.39 is 5.69 Å². The van der Waals surface area contributed by atoms with Crippen LogP contribution < -0.4 is 20.7 Å². The number of rotatable bonds is 5. The third-order valence-electron chi connectivity index (χ3n) is 2.85. The molecule has 6 nitrogen and oxygen atoms in total. The first-order chi connectivity index (χ1) is 9.61. The molecule has 0 bridgehead atoms. The van der Waals surface area contributed by atoms with Crippen LogP contribution in [0.15, 0.2) is 40.1 Å². The SMILES string of the molecule is COc1ccccc1OCCn1cc(C)c(=O)[nH]c1=O. The Balaban J connectivity index is 2.05. The molecule has 106 valence electrons. The summed E-state index contributed by atoms with van der Waals surface area (Å²) >= 11 is 0. The molecule has 1 aromatic heterocycles. The number of nitrogens with zero attached hydrogens (tertiary/aromatic N) is 1. The van der Waals surface area contributed by atoms with Crippen molar-refractivity contribution < 1.29 is 9.47 Å². The van der Waals surface area contributed by atoms with E-state index in [0.29, 0.717) is 30.2 Å². The average molecular weight is 276 g/mol. The zero-order chi connectivity index (χ0) is 14.5. The van der Waals surface area contributed by atoms with E-state index in [2.05, 4.69) is 4.98 Å². The maximum absolute atomic E-state index is 11.6. The number of para-hydroxylation sites is 2. The molecule has 1 aromatic carbocycles. The van der Waals surface area contributed by atoms with Crippen LogP contribution in [0.1, 0.15) is 5.56 Å². The molecule has 1 heterocycles. The summed E-state index contributed by atoms with van der Waals surface area (Å²) in [6, 6.07) is 7.28. The molecule has 6 heteroatoms. The van der Waals surface area contributed by atoms with E-state index in [4.69, 9.17) is 9.47 Å². The minimum absolute atomic E-state index is 0.297. The zero-order valence-electron chi connectivity index (χ0n) is 11.4. The summed E-state index contributed by atoms with van der Waals surface area (Å²) in [7, 11) is 1.57. The predicted molar refractivity (Wildman–Crippen MR) is 74.5 cm³/mol. The molecule has 20 heavy (non-hydrogen) atoms. The van der Waals surface area contributed by atoms with Crippen LogP contribution in [0.5, 0.6) is 11.5 Å². The standard InChI is InChI=1S/C14H16N2O4/c1-10-9-16(14(18)15-13(10)17)7-8-20-12-6-4-3-5-11(12)19-2/h3-6,9H,7-8H2,1-2H3,(H,15,17,18). The molecule has 0 fully saturated rings. The smallest absolute Gasteiger partial charge is 0.328 e. The number of hydrogen-bond donors (Lipinski definition) is 1. The van der Waals surface area contributed by atoms with Crippen molar-refractivity contribution in [2.75, 3.05) is 13.7 Å². The largest absolute Gasteiger partial charge is 0.493 e. The van der Waals surface area contributed by atoms with Gasteiger partial charge in [0.25, 0.3) is 5.56 Å². The van der Waals surface area contributed by atoms with Gasteiger partial charge in [-0.15, -0.1) is 0 Å². The number of ether oxygens (including phenoxy) is 2. The van der Waals surface area contributed by atoms with E-state index >= 15 is 0 Å². The van der Waals surface area contributed by atoms with Crippen molar-refractivity contribution in [3.05, 3.63) is 56.9 Å². The van der Waals surface area contributed by atoms with Crippen molar-refractivity contribution in [3.63, 3.8) is 0 Å². The number of methoxy groups -OCH3 is 1. The van der Waals surface area contributed by atoms with Gasteiger partial charge in [-0.2, -0.15) is 0 Å². The molecule has 1 N–H and O–H groups in total. The molecule has 2 aromatic rings. The number of benzene rings is 1. The minimum atomic E-state index is -0.441. The lowest BCUT2D eigenvalue weighted by atomic mass is 10.3. The van der Waals surface area contributed by atoms with Crippen LogP contribution in [0.25, 0.3) is 0 Å². The van der Waals surface area contributed by atoms with Gasteiger partial charge >= 0.3 is 5.69 Å².